The van der Waals surface area contributed by atoms with Crippen molar-refractivity contribution in [1.29, 1.82) is 0 Å². The number of amides is 1. The van der Waals surface area contributed by atoms with E-state index in [9.17, 15) is 18.7 Å². The fourth-order valence-corrected chi connectivity index (χ4v) is 3.40. The molecule has 0 unspecified atom stereocenters. The topological polar surface area (TPSA) is 64.6 Å². The zero-order valence-corrected chi connectivity index (χ0v) is 16.8. The Kier molecular flexibility index (Phi) is 6.49. The molecule has 0 spiro atoms. The second kappa shape index (κ2) is 8.88. The number of hydrogen-bond donors (Lipinski definition) is 3. The van der Waals surface area contributed by atoms with Crippen molar-refractivity contribution in [2.45, 2.75) is 32.3 Å². The van der Waals surface area contributed by atoms with E-state index in [0.717, 1.165) is 24.9 Å². The quantitative estimate of drug-likeness (QED) is 0.590. The summed E-state index contributed by atoms with van der Waals surface area (Å²) in [7, 11) is 0. The largest absolute Gasteiger partial charge is 0.385 e. The second-order valence-corrected chi connectivity index (χ2v) is 7.69. The molecule has 2 aromatic rings. The van der Waals surface area contributed by atoms with Gasteiger partial charge in [0.25, 0.3) is 5.91 Å². The lowest BCUT2D eigenvalue weighted by atomic mass is 9.92. The molecule has 1 aliphatic rings. The molecule has 0 saturated carbocycles. The summed E-state index contributed by atoms with van der Waals surface area (Å²) in [5, 5.41) is 16.4. The van der Waals surface area contributed by atoms with Crippen molar-refractivity contribution in [3.63, 3.8) is 0 Å². The molecular weight excluding hydrogens is 376 g/mol. The molecule has 1 heterocycles. The van der Waals surface area contributed by atoms with Crippen molar-refractivity contribution >= 4 is 17.3 Å². The Morgan fingerprint density at radius 3 is 2.66 bits per heavy atom. The maximum absolute atomic E-state index is 14.5. The lowest BCUT2D eigenvalue weighted by Crippen LogP contribution is -2.67. The van der Waals surface area contributed by atoms with Crippen LogP contribution in [0.25, 0.3) is 0 Å². The predicted octanol–water partition coefficient (Wildman–Crippen LogP) is 3.59. The number of halogens is 2. The lowest BCUT2D eigenvalue weighted by Gasteiger charge is -2.46. The number of unbranched alkanes of at least 4 members (excludes halogenated alkanes) is 1. The molecule has 3 rings (SSSR count). The van der Waals surface area contributed by atoms with Crippen molar-refractivity contribution in [1.82, 2.24) is 10.2 Å². The van der Waals surface area contributed by atoms with Crippen LogP contribution in [0.3, 0.4) is 0 Å². The summed E-state index contributed by atoms with van der Waals surface area (Å²) in [4.78, 5) is 14.4. The van der Waals surface area contributed by atoms with Crippen LogP contribution >= 0.6 is 0 Å². The molecule has 7 heteroatoms. The third-order valence-corrected chi connectivity index (χ3v) is 5.05. The molecule has 0 aromatic heterocycles. The van der Waals surface area contributed by atoms with Gasteiger partial charge in [-0.1, -0.05) is 25.5 Å². The summed E-state index contributed by atoms with van der Waals surface area (Å²) in [5.41, 5.74) is -0.115. The van der Waals surface area contributed by atoms with E-state index in [0.29, 0.717) is 6.54 Å². The molecule has 0 radical (unpaired) electrons. The number of β-amino-alcohol motifs (C(OH)–C–C–N with tert-alkyl or cyclic N) is 1. The first-order valence-electron chi connectivity index (χ1n) is 9.87. The summed E-state index contributed by atoms with van der Waals surface area (Å²) < 4.78 is 28.7. The minimum Gasteiger partial charge on any atom is -0.385 e. The SMILES string of the molecule is CCCCNCC1(O)CN(C(=O)c2cccc(F)c2Nc2ccc(C)cc2F)C1. The van der Waals surface area contributed by atoms with Crippen LogP contribution in [-0.4, -0.2) is 47.7 Å². The monoisotopic (exact) mass is 403 g/mol. The van der Waals surface area contributed by atoms with Crippen LogP contribution in [0.2, 0.25) is 0 Å². The van der Waals surface area contributed by atoms with Crippen LogP contribution < -0.4 is 10.6 Å². The van der Waals surface area contributed by atoms with Crippen LogP contribution in [-0.2, 0) is 0 Å². The molecule has 1 aliphatic heterocycles. The molecule has 156 valence electrons. The highest BCUT2D eigenvalue weighted by molar-refractivity contribution is 6.01. The molecule has 0 atom stereocenters. The molecule has 1 saturated heterocycles. The van der Waals surface area contributed by atoms with Crippen LogP contribution in [0.15, 0.2) is 36.4 Å². The molecule has 3 N–H and O–H groups in total. The standard InChI is InChI=1S/C22H27F2N3O2/c1-3-4-10-25-12-22(29)13-27(14-22)21(28)16-6-5-7-17(23)20(16)26-19-9-8-15(2)11-18(19)24/h5-9,11,25-26,29H,3-4,10,12-14H2,1-2H3. The third-order valence-electron chi connectivity index (χ3n) is 5.05. The van der Waals surface area contributed by atoms with Crippen molar-refractivity contribution < 1.29 is 18.7 Å². The smallest absolute Gasteiger partial charge is 0.256 e. The highest BCUT2D eigenvalue weighted by Gasteiger charge is 2.44. The number of nitrogens with one attached hydrogen (secondary N) is 2. The van der Waals surface area contributed by atoms with E-state index < -0.39 is 23.1 Å². The van der Waals surface area contributed by atoms with Crippen molar-refractivity contribution in [3.8, 4) is 0 Å². The molecule has 0 aliphatic carbocycles. The minimum absolute atomic E-state index is 0.0724. The van der Waals surface area contributed by atoms with Gasteiger partial charge in [0.15, 0.2) is 0 Å². The van der Waals surface area contributed by atoms with Gasteiger partial charge in [0.1, 0.15) is 17.2 Å². The number of aryl methyl sites for hydroxylation is 1. The fourth-order valence-electron chi connectivity index (χ4n) is 3.40. The lowest BCUT2D eigenvalue weighted by molar-refractivity contribution is -0.0784. The highest BCUT2D eigenvalue weighted by atomic mass is 19.1. The van der Waals surface area contributed by atoms with Crippen molar-refractivity contribution in [2.24, 2.45) is 0 Å². The highest BCUT2D eigenvalue weighted by Crippen LogP contribution is 2.30. The minimum atomic E-state index is -0.979. The first kappa shape index (κ1) is 21.2. The summed E-state index contributed by atoms with van der Waals surface area (Å²) in [6.07, 6.45) is 2.08. The normalized spacial score (nSPS) is 15.1. The average Bonchev–Trinajstić information content (AvgIpc) is 2.66. The van der Waals surface area contributed by atoms with E-state index in [1.165, 1.54) is 35.2 Å². The molecule has 0 bridgehead atoms. The van der Waals surface area contributed by atoms with Crippen molar-refractivity contribution in [2.75, 3.05) is 31.5 Å². The van der Waals surface area contributed by atoms with Gasteiger partial charge in [0.2, 0.25) is 0 Å². The van der Waals surface area contributed by atoms with E-state index >= 15 is 0 Å². The zero-order valence-electron chi connectivity index (χ0n) is 16.8. The van der Waals surface area contributed by atoms with Gasteiger partial charge >= 0.3 is 0 Å². The number of nitrogens with zero attached hydrogens (tertiary/aromatic N) is 1. The average molecular weight is 403 g/mol. The van der Waals surface area contributed by atoms with Gasteiger partial charge < -0.3 is 20.6 Å². The van der Waals surface area contributed by atoms with Gasteiger partial charge in [-0.05, 0) is 49.7 Å². The maximum Gasteiger partial charge on any atom is 0.256 e. The maximum atomic E-state index is 14.5. The summed E-state index contributed by atoms with van der Waals surface area (Å²) in [6, 6.07) is 8.71. The van der Waals surface area contributed by atoms with E-state index in [2.05, 4.69) is 17.6 Å². The number of likely N-dealkylation sites (tertiary alicyclic amines) is 1. The van der Waals surface area contributed by atoms with Crippen molar-refractivity contribution in [3.05, 3.63) is 59.2 Å². The van der Waals surface area contributed by atoms with Gasteiger partial charge in [0, 0.05) is 6.54 Å². The second-order valence-electron chi connectivity index (χ2n) is 7.69. The number of hydrogen-bond acceptors (Lipinski definition) is 4. The summed E-state index contributed by atoms with van der Waals surface area (Å²) in [5.74, 6) is -1.58. The number of para-hydroxylation sites is 1. The number of anilines is 2. The Labute approximate surface area is 169 Å². The predicted molar refractivity (Wildman–Crippen MR) is 109 cm³/mol. The zero-order chi connectivity index (χ0) is 21.0. The van der Waals surface area contributed by atoms with Gasteiger partial charge in [-0.3, -0.25) is 4.79 Å². The Morgan fingerprint density at radius 1 is 1.21 bits per heavy atom. The summed E-state index contributed by atoms with van der Waals surface area (Å²) in [6.45, 7) is 5.40. The molecule has 5 nitrogen and oxygen atoms in total. The number of carbonyl (C=O) groups is 1. The number of aliphatic hydroxyl groups is 1. The van der Waals surface area contributed by atoms with E-state index in [1.54, 1.807) is 13.0 Å². The first-order chi connectivity index (χ1) is 13.8. The Morgan fingerprint density at radius 2 is 1.97 bits per heavy atom. The first-order valence-corrected chi connectivity index (χ1v) is 9.87. The molecule has 1 amide bonds. The Hall–Kier alpha value is -2.51. The summed E-state index contributed by atoms with van der Waals surface area (Å²) >= 11 is 0. The van der Waals surface area contributed by atoms with Gasteiger partial charge in [-0.25, -0.2) is 8.78 Å². The van der Waals surface area contributed by atoms with E-state index in [1.807, 2.05) is 0 Å². The van der Waals surface area contributed by atoms with Gasteiger partial charge in [0.05, 0.1) is 30.0 Å². The number of benzene rings is 2. The van der Waals surface area contributed by atoms with Crippen LogP contribution in [0, 0.1) is 18.6 Å². The van der Waals surface area contributed by atoms with Crippen LogP contribution in [0.5, 0.6) is 0 Å². The van der Waals surface area contributed by atoms with Crippen LogP contribution in [0.1, 0.15) is 35.7 Å². The van der Waals surface area contributed by atoms with Gasteiger partial charge in [-0.15, -0.1) is 0 Å². The Bertz CT molecular complexity index is 882. The number of rotatable bonds is 8. The molecule has 29 heavy (non-hydrogen) atoms. The van der Waals surface area contributed by atoms with Gasteiger partial charge in [-0.2, -0.15) is 0 Å². The van der Waals surface area contributed by atoms with Crippen LogP contribution in [0.4, 0.5) is 20.2 Å². The molecule has 2 aromatic carbocycles. The third kappa shape index (κ3) is 4.92. The van der Waals surface area contributed by atoms with E-state index in [4.69, 9.17) is 0 Å². The Balaban J connectivity index is 1.71. The molecule has 1 fully saturated rings. The van der Waals surface area contributed by atoms with E-state index in [-0.39, 0.29) is 30.0 Å². The fraction of sp³-hybridized carbons (Fsp3) is 0.409. The number of carbonyl (C=O) groups excluding carboxylic acids is 1. The molecular formula is C22H27F2N3O2.